The number of hydrogen-bond acceptors (Lipinski definition) is 6. The third-order valence-electron chi connectivity index (χ3n) is 5.84. The van der Waals surface area contributed by atoms with Crippen LogP contribution < -0.4 is 25.4 Å². The fraction of sp³-hybridized carbons (Fsp3) is 0.167. The van der Waals surface area contributed by atoms with Crippen LogP contribution in [-0.2, 0) is 6.42 Å². The number of carbonyl (C=O) groups is 2. The third-order valence-corrected chi connectivity index (χ3v) is 6.60. The molecule has 4 aromatic rings. The first-order valence-electron chi connectivity index (χ1n) is 12.4. The summed E-state index contributed by atoms with van der Waals surface area (Å²) >= 11 is 1.19. The number of aromatic nitrogens is 1. The first-order valence-corrected chi connectivity index (χ1v) is 13.3. The maximum Gasteiger partial charge on any atom is 0.321 e. The van der Waals surface area contributed by atoms with E-state index in [-0.39, 0.29) is 11.6 Å². The Morgan fingerprint density at radius 2 is 1.54 bits per heavy atom. The third kappa shape index (κ3) is 7.68. The fourth-order valence-electron chi connectivity index (χ4n) is 3.91. The van der Waals surface area contributed by atoms with E-state index in [0.717, 1.165) is 22.3 Å². The van der Waals surface area contributed by atoms with Crippen molar-refractivity contribution >= 4 is 34.0 Å². The monoisotopic (exact) mass is 542 g/mol. The summed E-state index contributed by atoms with van der Waals surface area (Å²) in [5.41, 5.74) is 4.40. The van der Waals surface area contributed by atoms with Gasteiger partial charge in [-0.3, -0.25) is 10.1 Å². The predicted octanol–water partition coefficient (Wildman–Crippen LogP) is 5.39. The molecular weight excluding hydrogens is 512 g/mol. The van der Waals surface area contributed by atoms with Gasteiger partial charge in [-0.2, -0.15) is 0 Å². The van der Waals surface area contributed by atoms with E-state index in [2.05, 4.69) is 20.9 Å². The number of urea groups is 1. The lowest BCUT2D eigenvalue weighted by molar-refractivity contribution is 0.0950. The van der Waals surface area contributed by atoms with E-state index in [0.29, 0.717) is 36.1 Å². The topological polar surface area (TPSA) is 102 Å². The van der Waals surface area contributed by atoms with Gasteiger partial charge in [-0.25, -0.2) is 9.78 Å². The minimum atomic E-state index is -0.401. The van der Waals surface area contributed by atoms with Crippen molar-refractivity contribution in [1.82, 2.24) is 15.6 Å². The second-order valence-electron chi connectivity index (χ2n) is 8.42. The number of carbonyl (C=O) groups excluding carboxylic acids is 2. The van der Waals surface area contributed by atoms with Crippen LogP contribution in [-0.4, -0.2) is 44.2 Å². The predicted molar refractivity (Wildman–Crippen MR) is 155 cm³/mol. The molecular formula is C30H30N4O4S. The molecule has 0 atom stereocenters. The van der Waals surface area contributed by atoms with Crippen molar-refractivity contribution < 1.29 is 19.1 Å². The number of anilines is 1. The Hall–Kier alpha value is -4.63. The lowest BCUT2D eigenvalue weighted by Gasteiger charge is -2.10. The highest BCUT2D eigenvalue weighted by atomic mass is 32.1. The molecule has 1 heterocycles. The molecule has 3 N–H and O–H groups in total. The Balaban J connectivity index is 1.27. The van der Waals surface area contributed by atoms with Crippen LogP contribution in [0, 0.1) is 0 Å². The number of benzene rings is 3. The summed E-state index contributed by atoms with van der Waals surface area (Å²) in [6, 6.07) is 25.3. The standard InChI is InChI=1S/C30H30N4O4S/c1-37-26-14-13-21(19-27(26)38-2)15-17-31-28(35)25-20-39-30(33-25)34-29(36)32-18-16-24(22-9-5-3-6-10-22)23-11-7-4-8-12-23/h3-14,16,19-20H,15,17-18H2,1-2H3,(H,31,35)(H2,32,33,34,36). The number of ether oxygens (including phenoxy) is 2. The van der Waals surface area contributed by atoms with E-state index >= 15 is 0 Å². The van der Waals surface area contributed by atoms with Crippen molar-refractivity contribution in [1.29, 1.82) is 0 Å². The van der Waals surface area contributed by atoms with Gasteiger partial charge in [0.15, 0.2) is 16.6 Å². The van der Waals surface area contributed by atoms with Gasteiger partial charge < -0.3 is 20.1 Å². The van der Waals surface area contributed by atoms with Crippen molar-refractivity contribution in [2.45, 2.75) is 6.42 Å². The molecule has 3 amide bonds. The van der Waals surface area contributed by atoms with E-state index in [1.807, 2.05) is 84.9 Å². The molecule has 0 saturated heterocycles. The quantitative estimate of drug-likeness (QED) is 0.236. The maximum atomic E-state index is 12.5. The minimum absolute atomic E-state index is 0.248. The molecule has 0 unspecified atom stereocenters. The SMILES string of the molecule is COc1ccc(CCNC(=O)c2csc(NC(=O)NCC=C(c3ccccc3)c3ccccc3)n2)cc1OC. The van der Waals surface area contributed by atoms with Crippen LogP contribution in [0.15, 0.2) is 90.3 Å². The van der Waals surface area contributed by atoms with Crippen LogP contribution in [0.4, 0.5) is 9.93 Å². The Kier molecular flexibility index (Phi) is 9.68. The van der Waals surface area contributed by atoms with Gasteiger partial charge in [-0.1, -0.05) is 72.8 Å². The van der Waals surface area contributed by atoms with Crippen molar-refractivity contribution in [3.63, 3.8) is 0 Å². The fourth-order valence-corrected chi connectivity index (χ4v) is 4.59. The van der Waals surface area contributed by atoms with Crippen molar-refractivity contribution in [3.05, 3.63) is 113 Å². The molecule has 0 aliphatic rings. The van der Waals surface area contributed by atoms with Gasteiger partial charge >= 0.3 is 6.03 Å². The summed E-state index contributed by atoms with van der Waals surface area (Å²) in [5, 5.41) is 10.3. The molecule has 39 heavy (non-hydrogen) atoms. The molecule has 8 nitrogen and oxygen atoms in total. The molecule has 0 bridgehead atoms. The zero-order chi connectivity index (χ0) is 27.5. The number of nitrogens with zero attached hydrogens (tertiary/aromatic N) is 1. The van der Waals surface area contributed by atoms with E-state index < -0.39 is 6.03 Å². The average molecular weight is 543 g/mol. The molecule has 0 fully saturated rings. The molecule has 3 aromatic carbocycles. The number of hydrogen-bond donors (Lipinski definition) is 3. The Morgan fingerprint density at radius 1 is 0.872 bits per heavy atom. The lowest BCUT2D eigenvalue weighted by Crippen LogP contribution is -2.29. The van der Waals surface area contributed by atoms with E-state index in [4.69, 9.17) is 9.47 Å². The van der Waals surface area contributed by atoms with Crippen LogP contribution >= 0.6 is 11.3 Å². The second kappa shape index (κ2) is 13.8. The minimum Gasteiger partial charge on any atom is -0.493 e. The van der Waals surface area contributed by atoms with Crippen molar-refractivity contribution in [2.75, 3.05) is 32.6 Å². The summed E-state index contributed by atoms with van der Waals surface area (Å²) in [6.07, 6.45) is 2.59. The summed E-state index contributed by atoms with van der Waals surface area (Å²) in [7, 11) is 3.17. The molecule has 0 aliphatic heterocycles. The van der Waals surface area contributed by atoms with Gasteiger partial charge in [0, 0.05) is 18.5 Å². The molecule has 0 aliphatic carbocycles. The number of thiazole rings is 1. The molecule has 0 saturated carbocycles. The molecule has 0 spiro atoms. The zero-order valence-electron chi connectivity index (χ0n) is 21.8. The van der Waals surface area contributed by atoms with Crippen molar-refractivity contribution in [3.8, 4) is 11.5 Å². The van der Waals surface area contributed by atoms with Gasteiger partial charge in [-0.15, -0.1) is 11.3 Å². The highest BCUT2D eigenvalue weighted by Gasteiger charge is 2.13. The van der Waals surface area contributed by atoms with Crippen LogP contribution in [0.2, 0.25) is 0 Å². The Labute approximate surface area is 231 Å². The smallest absolute Gasteiger partial charge is 0.321 e. The number of methoxy groups -OCH3 is 2. The van der Waals surface area contributed by atoms with Crippen LogP contribution in [0.3, 0.4) is 0 Å². The number of rotatable bonds is 11. The first-order chi connectivity index (χ1) is 19.1. The van der Waals surface area contributed by atoms with Gasteiger partial charge in [-0.05, 0) is 40.8 Å². The highest BCUT2D eigenvalue weighted by Crippen LogP contribution is 2.27. The Morgan fingerprint density at radius 3 is 2.18 bits per heavy atom. The van der Waals surface area contributed by atoms with Crippen molar-refractivity contribution in [2.24, 2.45) is 0 Å². The van der Waals surface area contributed by atoms with Crippen LogP contribution in [0.1, 0.15) is 27.2 Å². The summed E-state index contributed by atoms with van der Waals surface area (Å²) in [5.74, 6) is 0.987. The average Bonchev–Trinajstić information content (AvgIpc) is 3.44. The van der Waals surface area contributed by atoms with Gasteiger partial charge in [0.05, 0.1) is 14.2 Å². The normalized spacial score (nSPS) is 10.3. The van der Waals surface area contributed by atoms with E-state index in [9.17, 15) is 9.59 Å². The van der Waals surface area contributed by atoms with Crippen LogP contribution in [0.5, 0.6) is 11.5 Å². The van der Waals surface area contributed by atoms with Gasteiger partial charge in [0.2, 0.25) is 0 Å². The summed E-state index contributed by atoms with van der Waals surface area (Å²) < 4.78 is 10.6. The molecule has 200 valence electrons. The number of amides is 3. The van der Waals surface area contributed by atoms with Gasteiger partial charge in [0.25, 0.3) is 5.91 Å². The lowest BCUT2D eigenvalue weighted by atomic mass is 9.98. The second-order valence-corrected chi connectivity index (χ2v) is 9.28. The van der Waals surface area contributed by atoms with E-state index in [1.165, 1.54) is 11.3 Å². The van der Waals surface area contributed by atoms with Crippen LogP contribution in [0.25, 0.3) is 5.57 Å². The van der Waals surface area contributed by atoms with E-state index in [1.54, 1.807) is 19.6 Å². The first kappa shape index (κ1) is 27.4. The highest BCUT2D eigenvalue weighted by molar-refractivity contribution is 7.14. The summed E-state index contributed by atoms with van der Waals surface area (Å²) in [6.45, 7) is 0.742. The molecule has 4 rings (SSSR count). The molecule has 0 radical (unpaired) electrons. The Bertz CT molecular complexity index is 1380. The zero-order valence-corrected chi connectivity index (χ0v) is 22.6. The maximum absolute atomic E-state index is 12.5. The van der Waals surface area contributed by atoms with Gasteiger partial charge in [0.1, 0.15) is 5.69 Å². The molecule has 9 heteroatoms. The number of nitrogens with one attached hydrogen (secondary N) is 3. The largest absolute Gasteiger partial charge is 0.493 e. The summed E-state index contributed by atoms with van der Waals surface area (Å²) in [4.78, 5) is 29.2. The molecule has 1 aromatic heterocycles.